The number of amides is 3. The molecule has 320 valence electrons. The Morgan fingerprint density at radius 3 is 2.32 bits per heavy atom. The molecular formula is C48H53N9O4S. The van der Waals surface area contributed by atoms with Gasteiger partial charge in [0.1, 0.15) is 12.1 Å². The maximum absolute atomic E-state index is 14.2. The summed E-state index contributed by atoms with van der Waals surface area (Å²) in [5, 5.41) is 26.6. The Morgan fingerprint density at radius 2 is 1.61 bits per heavy atom. The van der Waals surface area contributed by atoms with Gasteiger partial charge in [0, 0.05) is 67.5 Å². The molecule has 2 fully saturated rings. The van der Waals surface area contributed by atoms with E-state index in [2.05, 4.69) is 64.9 Å². The number of carbonyl (C=O) groups is 3. The molecule has 8 rings (SSSR count). The molecule has 2 aliphatic rings. The lowest BCUT2D eigenvalue weighted by atomic mass is 9.85. The molecule has 5 heterocycles. The first-order chi connectivity index (χ1) is 29.8. The highest BCUT2D eigenvalue weighted by molar-refractivity contribution is 7.13. The van der Waals surface area contributed by atoms with Crippen LogP contribution in [0.1, 0.15) is 51.4 Å². The zero-order valence-electron chi connectivity index (χ0n) is 35.8. The van der Waals surface area contributed by atoms with E-state index in [9.17, 15) is 19.5 Å². The van der Waals surface area contributed by atoms with E-state index in [4.69, 9.17) is 0 Å². The van der Waals surface area contributed by atoms with Gasteiger partial charge in [-0.3, -0.25) is 24.3 Å². The van der Waals surface area contributed by atoms with E-state index in [1.807, 2.05) is 101 Å². The Labute approximate surface area is 366 Å². The predicted molar refractivity (Wildman–Crippen MR) is 243 cm³/mol. The first-order valence-corrected chi connectivity index (χ1v) is 22.0. The summed E-state index contributed by atoms with van der Waals surface area (Å²) in [4.78, 5) is 57.5. The van der Waals surface area contributed by atoms with Gasteiger partial charge in [0.2, 0.25) is 17.7 Å². The fourth-order valence-corrected chi connectivity index (χ4v) is 9.23. The molecule has 3 aromatic carbocycles. The number of β-amino-alcohol motifs (C(OH)–C–C–N with tert-alkyl or cyclic N) is 1. The van der Waals surface area contributed by atoms with Crippen LogP contribution in [-0.4, -0.2) is 110 Å². The molecule has 2 saturated heterocycles. The van der Waals surface area contributed by atoms with Crippen LogP contribution in [0.25, 0.3) is 43.7 Å². The highest BCUT2D eigenvalue weighted by Crippen LogP contribution is 2.32. The molecule has 0 bridgehead atoms. The van der Waals surface area contributed by atoms with E-state index in [1.165, 1.54) is 4.90 Å². The first kappa shape index (κ1) is 42.6. The quantitative estimate of drug-likeness (QED) is 0.136. The van der Waals surface area contributed by atoms with Crippen molar-refractivity contribution in [3.8, 4) is 32.8 Å². The summed E-state index contributed by atoms with van der Waals surface area (Å²) in [6.07, 6.45) is 2.83. The first-order valence-electron chi connectivity index (χ1n) is 21.2. The molecule has 14 heteroatoms. The SMILES string of the molecule is Cc1ncsc1-c1ccc(C(C)NC(=O)[C@@H]2C[C@@H](O)CN2C(=O)C(NC(=O)CN2CCN(c3ccc(-c4cnnc(-c5cccc6cccnc56)c4)cc3)CC2)C(C)(C)C)cc1. The van der Waals surface area contributed by atoms with E-state index in [-0.39, 0.29) is 43.3 Å². The molecule has 0 spiro atoms. The van der Waals surface area contributed by atoms with Crippen LogP contribution in [0.3, 0.4) is 0 Å². The van der Waals surface area contributed by atoms with Gasteiger partial charge in [-0.15, -0.1) is 11.3 Å². The van der Waals surface area contributed by atoms with E-state index in [0.717, 1.165) is 73.8 Å². The molecule has 3 aromatic heterocycles. The second-order valence-electron chi connectivity index (χ2n) is 17.4. The average Bonchev–Trinajstić information content (AvgIpc) is 3.90. The molecule has 0 radical (unpaired) electrons. The van der Waals surface area contributed by atoms with Crippen LogP contribution in [0.5, 0.6) is 0 Å². The Kier molecular flexibility index (Phi) is 12.4. The monoisotopic (exact) mass is 851 g/mol. The number of nitrogens with one attached hydrogen (secondary N) is 2. The van der Waals surface area contributed by atoms with Crippen molar-refractivity contribution >= 4 is 45.6 Å². The lowest BCUT2D eigenvalue weighted by molar-refractivity contribution is -0.144. The van der Waals surface area contributed by atoms with Crippen molar-refractivity contribution in [3.63, 3.8) is 0 Å². The number of aromatic nitrogens is 4. The number of aliphatic hydroxyl groups is 1. The number of piperazine rings is 1. The van der Waals surface area contributed by atoms with Crippen LogP contribution in [-0.2, 0) is 14.4 Å². The summed E-state index contributed by atoms with van der Waals surface area (Å²) in [5.41, 5.74) is 9.82. The highest BCUT2D eigenvalue weighted by Gasteiger charge is 2.45. The summed E-state index contributed by atoms with van der Waals surface area (Å²) in [6, 6.07) is 26.4. The van der Waals surface area contributed by atoms with Crippen LogP contribution < -0.4 is 15.5 Å². The third kappa shape index (κ3) is 9.37. The van der Waals surface area contributed by atoms with Crippen molar-refractivity contribution < 1.29 is 19.5 Å². The number of carbonyl (C=O) groups excluding carboxylic acids is 3. The zero-order chi connectivity index (χ0) is 43.5. The van der Waals surface area contributed by atoms with Gasteiger partial charge >= 0.3 is 0 Å². The standard InChI is InChI=1S/C48H53N9O4S/c1-30(32-11-13-35(14-12-32)44-31(2)50-29-62-44)52-46(60)41-25-38(58)27-57(41)47(61)45(48(3,4)5)53-42(59)28-55-20-22-56(23-21-55)37-17-15-33(16-18-37)36-24-40(54-51-26-36)39-10-6-8-34-9-7-19-49-43(34)39/h6-19,24,26,29-30,38,41,45,58H,20-23,25,27-28H2,1-5H3,(H,52,60)(H,53,59)/t30?,38-,41+,45?/m1/s1. The summed E-state index contributed by atoms with van der Waals surface area (Å²) < 4.78 is 0. The van der Waals surface area contributed by atoms with Gasteiger partial charge in [-0.2, -0.15) is 10.2 Å². The molecule has 62 heavy (non-hydrogen) atoms. The van der Waals surface area contributed by atoms with Crippen molar-refractivity contribution in [2.75, 3.05) is 44.2 Å². The van der Waals surface area contributed by atoms with Gasteiger partial charge < -0.3 is 25.5 Å². The largest absolute Gasteiger partial charge is 0.391 e. The van der Waals surface area contributed by atoms with Crippen LogP contribution in [0.4, 0.5) is 5.69 Å². The summed E-state index contributed by atoms with van der Waals surface area (Å²) in [6.45, 7) is 12.5. The summed E-state index contributed by atoms with van der Waals surface area (Å²) in [5.74, 6) is -0.974. The number of fused-ring (bicyclic) bond motifs is 1. The number of thiazole rings is 1. The number of hydrogen-bond acceptors (Lipinski definition) is 11. The number of anilines is 1. The molecule has 0 aliphatic carbocycles. The fourth-order valence-electron chi connectivity index (χ4n) is 8.42. The van der Waals surface area contributed by atoms with Gasteiger partial charge in [0.25, 0.3) is 0 Å². The van der Waals surface area contributed by atoms with Gasteiger partial charge in [-0.25, -0.2) is 4.98 Å². The lowest BCUT2D eigenvalue weighted by Crippen LogP contribution is -2.59. The third-order valence-corrected chi connectivity index (χ3v) is 12.9. The summed E-state index contributed by atoms with van der Waals surface area (Å²) in [7, 11) is 0. The molecule has 0 saturated carbocycles. The van der Waals surface area contributed by atoms with Gasteiger partial charge in [-0.1, -0.05) is 81.4 Å². The minimum absolute atomic E-state index is 0.0168. The highest BCUT2D eigenvalue weighted by atomic mass is 32.1. The van der Waals surface area contributed by atoms with Crippen molar-refractivity contribution in [2.45, 2.75) is 65.3 Å². The minimum Gasteiger partial charge on any atom is -0.391 e. The molecule has 2 unspecified atom stereocenters. The molecule has 4 atom stereocenters. The van der Waals surface area contributed by atoms with Crippen molar-refractivity contribution in [2.24, 2.45) is 5.41 Å². The van der Waals surface area contributed by atoms with E-state index < -0.39 is 23.6 Å². The van der Waals surface area contributed by atoms with Crippen molar-refractivity contribution in [3.05, 3.63) is 114 Å². The van der Waals surface area contributed by atoms with Crippen LogP contribution >= 0.6 is 11.3 Å². The van der Waals surface area contributed by atoms with E-state index in [0.29, 0.717) is 13.1 Å². The fraction of sp³-hybridized carbons (Fsp3) is 0.354. The predicted octanol–water partition coefficient (Wildman–Crippen LogP) is 6.28. The molecular weight excluding hydrogens is 799 g/mol. The van der Waals surface area contributed by atoms with E-state index >= 15 is 0 Å². The van der Waals surface area contributed by atoms with Crippen LogP contribution in [0.2, 0.25) is 0 Å². The number of likely N-dealkylation sites (tertiary alicyclic amines) is 1. The zero-order valence-corrected chi connectivity index (χ0v) is 36.6. The smallest absolute Gasteiger partial charge is 0.246 e. The maximum Gasteiger partial charge on any atom is 0.246 e. The number of benzene rings is 3. The Hall–Kier alpha value is -6.09. The molecule has 3 amide bonds. The Bertz CT molecular complexity index is 2540. The normalized spacial score (nSPS) is 18.1. The lowest BCUT2D eigenvalue weighted by Gasteiger charge is -2.37. The number of aryl methyl sites for hydroxylation is 1. The van der Waals surface area contributed by atoms with Gasteiger partial charge in [-0.05, 0) is 60.2 Å². The maximum atomic E-state index is 14.2. The molecule has 3 N–H and O–H groups in total. The van der Waals surface area contributed by atoms with Gasteiger partial charge in [0.05, 0.1) is 52.2 Å². The topological polar surface area (TPSA) is 157 Å². The van der Waals surface area contributed by atoms with Crippen molar-refractivity contribution in [1.29, 1.82) is 0 Å². The minimum atomic E-state index is -0.897. The second-order valence-corrected chi connectivity index (χ2v) is 18.3. The molecule has 6 aromatic rings. The Morgan fingerprint density at radius 1 is 0.887 bits per heavy atom. The summed E-state index contributed by atoms with van der Waals surface area (Å²) >= 11 is 1.59. The number of hydrogen-bond donors (Lipinski definition) is 3. The number of para-hydroxylation sites is 1. The number of pyridine rings is 1. The Balaban J connectivity index is 0.850. The second kappa shape index (κ2) is 18.1. The third-order valence-electron chi connectivity index (χ3n) is 11.9. The average molecular weight is 852 g/mol. The molecule has 13 nitrogen and oxygen atoms in total. The van der Waals surface area contributed by atoms with E-state index in [1.54, 1.807) is 23.7 Å². The van der Waals surface area contributed by atoms with Crippen LogP contribution in [0, 0.1) is 12.3 Å². The number of rotatable bonds is 11. The van der Waals surface area contributed by atoms with Gasteiger partial charge in [0.15, 0.2) is 0 Å². The number of nitrogens with zero attached hydrogens (tertiary/aromatic N) is 7. The number of aliphatic hydroxyl groups excluding tert-OH is 1. The molecule has 2 aliphatic heterocycles. The van der Waals surface area contributed by atoms with Crippen molar-refractivity contribution in [1.82, 2.24) is 40.6 Å². The van der Waals surface area contributed by atoms with Crippen LogP contribution in [0.15, 0.2) is 103 Å².